The molecule has 6 heteroatoms. The lowest BCUT2D eigenvalue weighted by Gasteiger charge is -2.20. The van der Waals surface area contributed by atoms with Crippen molar-refractivity contribution in [1.29, 1.82) is 0 Å². The molecule has 1 aliphatic heterocycles. The van der Waals surface area contributed by atoms with E-state index in [1.54, 1.807) is 12.1 Å². The fourth-order valence-electron chi connectivity index (χ4n) is 2.56. The average molecular weight is 323 g/mol. The van der Waals surface area contributed by atoms with Gasteiger partial charge in [-0.2, -0.15) is 0 Å². The van der Waals surface area contributed by atoms with Crippen LogP contribution in [-0.4, -0.2) is 15.0 Å². The number of nitrogens with zero attached hydrogens (tertiary/aromatic N) is 1. The predicted octanol–water partition coefficient (Wildman–Crippen LogP) is 2.55. The molecule has 0 atom stereocenters. The number of sulfonamides is 1. The van der Waals surface area contributed by atoms with E-state index in [0.29, 0.717) is 19.5 Å². The van der Waals surface area contributed by atoms with E-state index in [-0.39, 0.29) is 9.92 Å². The van der Waals surface area contributed by atoms with Crippen molar-refractivity contribution in [3.63, 3.8) is 0 Å². The van der Waals surface area contributed by atoms with Crippen molar-refractivity contribution < 1.29 is 8.42 Å². The Hall–Kier alpha value is -1.56. The van der Waals surface area contributed by atoms with Gasteiger partial charge in [0.05, 0.1) is 10.7 Å². The molecular weight excluding hydrogens is 308 g/mol. The minimum atomic E-state index is -3.65. The van der Waals surface area contributed by atoms with Crippen molar-refractivity contribution in [3.05, 3.63) is 58.6 Å². The third-order valence-corrected chi connectivity index (χ3v) is 5.94. The molecule has 0 spiro atoms. The molecule has 2 aromatic carbocycles. The van der Waals surface area contributed by atoms with E-state index in [0.717, 1.165) is 16.8 Å². The van der Waals surface area contributed by atoms with E-state index < -0.39 is 10.0 Å². The molecule has 0 saturated carbocycles. The number of para-hydroxylation sites is 1. The van der Waals surface area contributed by atoms with Gasteiger partial charge in [0.1, 0.15) is 4.90 Å². The van der Waals surface area contributed by atoms with E-state index in [2.05, 4.69) is 0 Å². The first-order valence-electron chi connectivity index (χ1n) is 6.63. The largest absolute Gasteiger partial charge is 0.326 e. The van der Waals surface area contributed by atoms with Gasteiger partial charge in [-0.15, -0.1) is 0 Å². The molecule has 0 unspecified atom stereocenters. The van der Waals surface area contributed by atoms with E-state index in [1.807, 2.05) is 24.3 Å². The Morgan fingerprint density at radius 1 is 1.19 bits per heavy atom. The minimum Gasteiger partial charge on any atom is -0.326 e. The molecule has 0 fully saturated rings. The standard InChI is InChI=1S/C15H15ClN2O2S/c16-13-9-11(10-17)5-6-15(13)21(19,20)18-8-7-12-3-1-2-4-14(12)18/h1-6,9H,7-8,10,17H2. The second kappa shape index (κ2) is 5.33. The summed E-state index contributed by atoms with van der Waals surface area (Å²) in [5.41, 5.74) is 8.12. The molecule has 21 heavy (non-hydrogen) atoms. The van der Waals surface area contributed by atoms with E-state index >= 15 is 0 Å². The lowest BCUT2D eigenvalue weighted by atomic mass is 10.2. The fourth-order valence-corrected chi connectivity index (χ4v) is 4.60. The van der Waals surface area contributed by atoms with Crippen LogP contribution in [0.5, 0.6) is 0 Å². The van der Waals surface area contributed by atoms with Crippen LogP contribution < -0.4 is 10.0 Å². The van der Waals surface area contributed by atoms with Crippen molar-refractivity contribution in [2.75, 3.05) is 10.8 Å². The van der Waals surface area contributed by atoms with Crippen LogP contribution in [0.2, 0.25) is 5.02 Å². The molecule has 0 amide bonds. The van der Waals surface area contributed by atoms with Crippen molar-refractivity contribution in [3.8, 4) is 0 Å². The summed E-state index contributed by atoms with van der Waals surface area (Å²) in [7, 11) is -3.65. The first-order chi connectivity index (χ1) is 10.0. The molecule has 1 aliphatic rings. The smallest absolute Gasteiger partial charge is 0.265 e. The predicted molar refractivity (Wildman–Crippen MR) is 84.0 cm³/mol. The van der Waals surface area contributed by atoms with Crippen LogP contribution in [0.15, 0.2) is 47.4 Å². The maximum absolute atomic E-state index is 12.8. The van der Waals surface area contributed by atoms with Gasteiger partial charge in [0.2, 0.25) is 0 Å². The SMILES string of the molecule is NCc1ccc(S(=O)(=O)N2CCc3ccccc32)c(Cl)c1. The van der Waals surface area contributed by atoms with Gasteiger partial charge in [-0.3, -0.25) is 4.31 Å². The summed E-state index contributed by atoms with van der Waals surface area (Å²) >= 11 is 6.14. The van der Waals surface area contributed by atoms with Crippen LogP contribution in [0.1, 0.15) is 11.1 Å². The third kappa shape index (κ3) is 2.41. The van der Waals surface area contributed by atoms with Gasteiger partial charge in [0, 0.05) is 13.1 Å². The fraction of sp³-hybridized carbons (Fsp3) is 0.200. The van der Waals surface area contributed by atoms with Crippen LogP contribution in [0.3, 0.4) is 0 Å². The second-order valence-corrected chi connectivity index (χ2v) is 7.16. The molecule has 0 aliphatic carbocycles. The highest BCUT2D eigenvalue weighted by Gasteiger charge is 2.31. The van der Waals surface area contributed by atoms with Gasteiger partial charge in [0.25, 0.3) is 10.0 Å². The molecule has 110 valence electrons. The first kappa shape index (κ1) is 14.4. The van der Waals surface area contributed by atoms with Gasteiger partial charge >= 0.3 is 0 Å². The maximum atomic E-state index is 12.8. The molecular formula is C15H15ClN2O2S. The molecule has 0 saturated heterocycles. The number of anilines is 1. The van der Waals surface area contributed by atoms with Gasteiger partial charge in [0.15, 0.2) is 0 Å². The number of nitrogens with two attached hydrogens (primary N) is 1. The van der Waals surface area contributed by atoms with E-state index in [1.165, 1.54) is 10.4 Å². The first-order valence-corrected chi connectivity index (χ1v) is 8.45. The summed E-state index contributed by atoms with van der Waals surface area (Å²) in [6, 6.07) is 12.4. The van der Waals surface area contributed by atoms with Gasteiger partial charge in [-0.05, 0) is 35.7 Å². The molecule has 1 heterocycles. The topological polar surface area (TPSA) is 63.4 Å². The summed E-state index contributed by atoms with van der Waals surface area (Å²) in [6.45, 7) is 0.767. The molecule has 0 radical (unpaired) electrons. The number of benzene rings is 2. The lowest BCUT2D eigenvalue weighted by molar-refractivity contribution is 0.592. The Balaban J connectivity index is 2.06. The number of rotatable bonds is 3. The highest BCUT2D eigenvalue weighted by atomic mass is 35.5. The zero-order valence-corrected chi connectivity index (χ0v) is 12.9. The quantitative estimate of drug-likeness (QED) is 0.944. The molecule has 3 rings (SSSR count). The van der Waals surface area contributed by atoms with Crippen LogP contribution in [-0.2, 0) is 23.0 Å². The Morgan fingerprint density at radius 3 is 2.67 bits per heavy atom. The lowest BCUT2D eigenvalue weighted by Crippen LogP contribution is -2.29. The van der Waals surface area contributed by atoms with Crippen molar-refractivity contribution in [1.82, 2.24) is 0 Å². The summed E-state index contributed by atoms with van der Waals surface area (Å²) < 4.78 is 27.1. The second-order valence-electron chi connectivity index (χ2n) is 4.92. The Morgan fingerprint density at radius 2 is 1.95 bits per heavy atom. The molecule has 0 aromatic heterocycles. The Labute approximate surface area is 129 Å². The molecule has 4 nitrogen and oxygen atoms in total. The Kier molecular flexibility index (Phi) is 3.65. The van der Waals surface area contributed by atoms with Crippen LogP contribution in [0.4, 0.5) is 5.69 Å². The van der Waals surface area contributed by atoms with E-state index in [9.17, 15) is 8.42 Å². The van der Waals surface area contributed by atoms with Crippen molar-refractivity contribution in [2.45, 2.75) is 17.9 Å². The van der Waals surface area contributed by atoms with Gasteiger partial charge in [-0.25, -0.2) is 8.42 Å². The zero-order chi connectivity index (χ0) is 15.0. The van der Waals surface area contributed by atoms with E-state index in [4.69, 9.17) is 17.3 Å². The number of halogens is 1. The molecule has 0 bridgehead atoms. The van der Waals surface area contributed by atoms with Crippen LogP contribution in [0.25, 0.3) is 0 Å². The minimum absolute atomic E-state index is 0.123. The average Bonchev–Trinajstić information content (AvgIpc) is 2.91. The summed E-state index contributed by atoms with van der Waals surface area (Å²) in [5, 5.41) is 0.210. The van der Waals surface area contributed by atoms with Gasteiger partial charge < -0.3 is 5.73 Å². The normalized spacial score (nSPS) is 14.3. The number of hydrogen-bond donors (Lipinski definition) is 1. The molecule has 2 N–H and O–H groups in total. The third-order valence-electron chi connectivity index (χ3n) is 3.64. The van der Waals surface area contributed by atoms with Crippen LogP contribution >= 0.6 is 11.6 Å². The highest BCUT2D eigenvalue weighted by Crippen LogP contribution is 2.34. The van der Waals surface area contributed by atoms with Crippen LogP contribution in [0, 0.1) is 0 Å². The summed E-state index contributed by atoms with van der Waals surface area (Å²) in [6.07, 6.45) is 0.716. The van der Waals surface area contributed by atoms with Crippen molar-refractivity contribution in [2.24, 2.45) is 5.73 Å². The number of fused-ring (bicyclic) bond motifs is 1. The maximum Gasteiger partial charge on any atom is 0.265 e. The molecule has 2 aromatic rings. The van der Waals surface area contributed by atoms with Crippen molar-refractivity contribution >= 4 is 27.3 Å². The monoisotopic (exact) mass is 322 g/mol. The zero-order valence-electron chi connectivity index (χ0n) is 11.3. The highest BCUT2D eigenvalue weighted by molar-refractivity contribution is 7.93. The Bertz CT molecular complexity index is 790. The summed E-state index contributed by atoms with van der Waals surface area (Å²) in [5.74, 6) is 0. The summed E-state index contributed by atoms with van der Waals surface area (Å²) in [4.78, 5) is 0.123. The van der Waals surface area contributed by atoms with Gasteiger partial charge in [-0.1, -0.05) is 35.9 Å². The number of hydrogen-bond acceptors (Lipinski definition) is 3.